The molecule has 1 aromatic heterocycles. The van der Waals surface area contributed by atoms with Crippen LogP contribution in [0.15, 0.2) is 5.51 Å². The van der Waals surface area contributed by atoms with E-state index < -0.39 is 0 Å². The molecule has 1 heterocycles. The van der Waals surface area contributed by atoms with Crippen LogP contribution >= 0.6 is 11.3 Å². The van der Waals surface area contributed by atoms with Crippen LogP contribution < -0.4 is 5.32 Å². The van der Waals surface area contributed by atoms with E-state index in [0.717, 1.165) is 12.5 Å². The first-order valence-electron chi connectivity index (χ1n) is 6.78. The number of nitrogens with zero attached hydrogens (tertiary/aromatic N) is 1. The SMILES string of the molecule is CCCNC(CCCC(C)C)c1scnc1C. The van der Waals surface area contributed by atoms with Crippen LogP contribution in [-0.2, 0) is 0 Å². The van der Waals surface area contributed by atoms with Crippen molar-refractivity contribution >= 4 is 11.3 Å². The summed E-state index contributed by atoms with van der Waals surface area (Å²) in [5, 5.41) is 3.66. The van der Waals surface area contributed by atoms with Crippen LogP contribution in [0, 0.1) is 12.8 Å². The van der Waals surface area contributed by atoms with Gasteiger partial charge in [-0.15, -0.1) is 11.3 Å². The van der Waals surface area contributed by atoms with Crippen LogP contribution in [0.5, 0.6) is 0 Å². The Balaban J connectivity index is 2.52. The molecule has 0 amide bonds. The quantitative estimate of drug-likeness (QED) is 0.747. The molecule has 0 fully saturated rings. The van der Waals surface area contributed by atoms with Gasteiger partial charge in [0.2, 0.25) is 0 Å². The average molecular weight is 254 g/mol. The van der Waals surface area contributed by atoms with Gasteiger partial charge in [-0.25, -0.2) is 4.98 Å². The predicted octanol–water partition coefficient (Wildman–Crippen LogP) is 4.32. The van der Waals surface area contributed by atoms with E-state index in [0.29, 0.717) is 6.04 Å². The second-order valence-corrected chi connectivity index (χ2v) is 6.02. The molecule has 2 nitrogen and oxygen atoms in total. The lowest BCUT2D eigenvalue weighted by molar-refractivity contribution is 0.450. The van der Waals surface area contributed by atoms with Crippen LogP contribution in [0.25, 0.3) is 0 Å². The molecule has 0 aliphatic heterocycles. The van der Waals surface area contributed by atoms with Gasteiger partial charge >= 0.3 is 0 Å². The zero-order chi connectivity index (χ0) is 12.7. The molecule has 98 valence electrons. The minimum atomic E-state index is 0.515. The lowest BCUT2D eigenvalue weighted by Crippen LogP contribution is -2.22. The Morgan fingerprint density at radius 1 is 1.35 bits per heavy atom. The zero-order valence-electron chi connectivity index (χ0n) is 11.6. The number of nitrogens with one attached hydrogen (secondary N) is 1. The fourth-order valence-corrected chi connectivity index (χ4v) is 2.93. The Labute approximate surface area is 110 Å². The number of aryl methyl sites for hydroxylation is 1. The fraction of sp³-hybridized carbons (Fsp3) is 0.786. The first-order chi connectivity index (χ1) is 8.15. The zero-order valence-corrected chi connectivity index (χ0v) is 12.4. The summed E-state index contributed by atoms with van der Waals surface area (Å²) in [6, 6.07) is 0.515. The summed E-state index contributed by atoms with van der Waals surface area (Å²) in [5.74, 6) is 0.810. The average Bonchev–Trinajstić information content (AvgIpc) is 2.69. The van der Waals surface area contributed by atoms with Gasteiger partial charge in [0.15, 0.2) is 0 Å². The van der Waals surface area contributed by atoms with Gasteiger partial charge in [-0.05, 0) is 32.2 Å². The molecule has 0 aliphatic carbocycles. The van der Waals surface area contributed by atoms with Crippen molar-refractivity contribution in [2.24, 2.45) is 5.92 Å². The Morgan fingerprint density at radius 2 is 2.12 bits per heavy atom. The second kappa shape index (κ2) is 7.83. The Kier molecular flexibility index (Phi) is 6.75. The van der Waals surface area contributed by atoms with Gasteiger partial charge in [-0.3, -0.25) is 0 Å². The minimum Gasteiger partial charge on any atom is -0.309 e. The molecule has 0 bridgehead atoms. The molecule has 3 heteroatoms. The molecular formula is C14H26N2S. The topological polar surface area (TPSA) is 24.9 Å². The van der Waals surface area contributed by atoms with Gasteiger partial charge in [-0.1, -0.05) is 33.6 Å². The maximum Gasteiger partial charge on any atom is 0.0798 e. The molecule has 0 aromatic carbocycles. The monoisotopic (exact) mass is 254 g/mol. The lowest BCUT2D eigenvalue weighted by Gasteiger charge is -2.18. The molecule has 0 aliphatic rings. The number of hydrogen-bond donors (Lipinski definition) is 1. The standard InChI is InChI=1S/C14H26N2S/c1-5-9-15-13(8-6-7-11(2)3)14-12(4)16-10-17-14/h10-11,13,15H,5-9H2,1-4H3. The molecule has 1 N–H and O–H groups in total. The number of thiazole rings is 1. The van der Waals surface area contributed by atoms with Crippen molar-refractivity contribution < 1.29 is 0 Å². The third kappa shape index (κ3) is 5.17. The highest BCUT2D eigenvalue weighted by atomic mass is 32.1. The summed E-state index contributed by atoms with van der Waals surface area (Å²) >= 11 is 1.79. The summed E-state index contributed by atoms with van der Waals surface area (Å²) in [7, 11) is 0. The highest BCUT2D eigenvalue weighted by molar-refractivity contribution is 7.09. The third-order valence-corrected chi connectivity index (χ3v) is 4.06. The molecule has 1 aromatic rings. The molecule has 0 saturated carbocycles. The van der Waals surface area contributed by atoms with E-state index in [1.165, 1.54) is 36.3 Å². The number of rotatable bonds is 8. The van der Waals surface area contributed by atoms with Crippen LogP contribution in [-0.4, -0.2) is 11.5 Å². The summed E-state index contributed by atoms with van der Waals surface area (Å²) < 4.78 is 0. The normalized spacial score (nSPS) is 13.2. The molecule has 1 unspecified atom stereocenters. The van der Waals surface area contributed by atoms with Crippen molar-refractivity contribution in [3.05, 3.63) is 16.1 Å². The van der Waals surface area contributed by atoms with Gasteiger partial charge in [0, 0.05) is 10.9 Å². The second-order valence-electron chi connectivity index (χ2n) is 5.13. The molecule has 0 spiro atoms. The fourth-order valence-electron chi connectivity index (χ4n) is 2.02. The van der Waals surface area contributed by atoms with E-state index in [-0.39, 0.29) is 0 Å². The largest absolute Gasteiger partial charge is 0.309 e. The van der Waals surface area contributed by atoms with Crippen molar-refractivity contribution in [3.8, 4) is 0 Å². The Morgan fingerprint density at radius 3 is 2.65 bits per heavy atom. The summed E-state index contributed by atoms with van der Waals surface area (Å²) in [6.07, 6.45) is 5.05. The number of hydrogen-bond acceptors (Lipinski definition) is 3. The molecule has 0 radical (unpaired) electrons. The van der Waals surface area contributed by atoms with E-state index in [9.17, 15) is 0 Å². The van der Waals surface area contributed by atoms with Gasteiger partial charge in [0.25, 0.3) is 0 Å². The van der Waals surface area contributed by atoms with Crippen LogP contribution in [0.3, 0.4) is 0 Å². The first-order valence-corrected chi connectivity index (χ1v) is 7.66. The summed E-state index contributed by atoms with van der Waals surface area (Å²) in [6.45, 7) is 10.0. The van der Waals surface area contributed by atoms with Gasteiger partial charge in [0.05, 0.1) is 11.2 Å². The van der Waals surface area contributed by atoms with Crippen LogP contribution in [0.2, 0.25) is 0 Å². The molecule has 17 heavy (non-hydrogen) atoms. The number of aromatic nitrogens is 1. The maximum atomic E-state index is 4.37. The van der Waals surface area contributed by atoms with E-state index in [4.69, 9.17) is 0 Å². The summed E-state index contributed by atoms with van der Waals surface area (Å²) in [5.41, 5.74) is 3.17. The van der Waals surface area contributed by atoms with Crippen LogP contribution in [0.1, 0.15) is 63.1 Å². The van der Waals surface area contributed by atoms with E-state index >= 15 is 0 Å². The van der Waals surface area contributed by atoms with Crippen molar-refractivity contribution in [2.75, 3.05) is 6.54 Å². The molecule has 1 atom stereocenters. The molecule has 1 rings (SSSR count). The van der Waals surface area contributed by atoms with E-state index in [1.807, 2.05) is 5.51 Å². The maximum absolute atomic E-state index is 4.37. The van der Waals surface area contributed by atoms with E-state index in [1.54, 1.807) is 11.3 Å². The lowest BCUT2D eigenvalue weighted by atomic mass is 10.0. The van der Waals surface area contributed by atoms with Crippen molar-refractivity contribution in [1.29, 1.82) is 0 Å². The smallest absolute Gasteiger partial charge is 0.0798 e. The summed E-state index contributed by atoms with van der Waals surface area (Å²) in [4.78, 5) is 5.80. The Hall–Kier alpha value is -0.410. The first kappa shape index (κ1) is 14.7. The van der Waals surface area contributed by atoms with Crippen molar-refractivity contribution in [2.45, 2.75) is 59.4 Å². The third-order valence-electron chi connectivity index (χ3n) is 3.01. The van der Waals surface area contributed by atoms with Crippen LogP contribution in [0.4, 0.5) is 0 Å². The van der Waals surface area contributed by atoms with Gasteiger partial charge < -0.3 is 5.32 Å². The van der Waals surface area contributed by atoms with Gasteiger partial charge in [0.1, 0.15) is 0 Å². The predicted molar refractivity (Wildman–Crippen MR) is 76.6 cm³/mol. The highest BCUT2D eigenvalue weighted by Crippen LogP contribution is 2.26. The van der Waals surface area contributed by atoms with Crippen molar-refractivity contribution in [1.82, 2.24) is 10.3 Å². The van der Waals surface area contributed by atoms with Gasteiger partial charge in [-0.2, -0.15) is 0 Å². The Bertz CT molecular complexity index is 307. The van der Waals surface area contributed by atoms with Crippen molar-refractivity contribution in [3.63, 3.8) is 0 Å². The van der Waals surface area contributed by atoms with E-state index in [2.05, 4.69) is 38.0 Å². The minimum absolute atomic E-state index is 0.515. The highest BCUT2D eigenvalue weighted by Gasteiger charge is 2.15. The molecule has 0 saturated heterocycles. The molecular weight excluding hydrogens is 228 g/mol.